The van der Waals surface area contributed by atoms with Crippen LogP contribution in [0.3, 0.4) is 0 Å². The highest BCUT2D eigenvalue weighted by atomic mass is 16.5. The van der Waals surface area contributed by atoms with Crippen LogP contribution in [0.2, 0.25) is 0 Å². The van der Waals surface area contributed by atoms with Crippen molar-refractivity contribution in [1.29, 1.82) is 5.26 Å². The number of rotatable bonds is 7. The van der Waals surface area contributed by atoms with Gasteiger partial charge in [-0.3, -0.25) is 9.59 Å². The highest BCUT2D eigenvalue weighted by molar-refractivity contribution is 5.97. The molecule has 1 amide bonds. The minimum Gasteiger partial charge on any atom is -0.466 e. The zero-order chi connectivity index (χ0) is 21.2. The molecule has 29 heavy (non-hydrogen) atoms. The molecule has 0 saturated carbocycles. The monoisotopic (exact) mass is 399 g/mol. The fraction of sp³-hybridized carbons (Fsp3) is 0.429. The van der Waals surface area contributed by atoms with Gasteiger partial charge in [0.15, 0.2) is 0 Å². The summed E-state index contributed by atoms with van der Waals surface area (Å²) in [6, 6.07) is 8.43. The van der Waals surface area contributed by atoms with Crippen molar-refractivity contribution in [3.8, 4) is 6.07 Å². The number of anilines is 1. The summed E-state index contributed by atoms with van der Waals surface area (Å²) < 4.78 is 9.95. The van der Waals surface area contributed by atoms with E-state index in [1.807, 2.05) is 6.07 Å². The van der Waals surface area contributed by atoms with Gasteiger partial charge in [-0.1, -0.05) is 0 Å². The van der Waals surface area contributed by atoms with Crippen LogP contribution in [-0.2, 0) is 19.1 Å². The smallest absolute Gasteiger partial charge is 0.338 e. The molecule has 1 aliphatic rings. The van der Waals surface area contributed by atoms with Crippen LogP contribution in [0, 0.1) is 17.2 Å². The molecule has 0 aromatic heterocycles. The van der Waals surface area contributed by atoms with Crippen molar-refractivity contribution < 1.29 is 23.9 Å². The molecule has 1 N–H and O–H groups in total. The summed E-state index contributed by atoms with van der Waals surface area (Å²) in [4.78, 5) is 37.6. The number of ether oxygens (including phenoxy) is 2. The second-order valence-corrected chi connectivity index (χ2v) is 6.43. The lowest BCUT2D eigenvalue weighted by Crippen LogP contribution is -2.41. The van der Waals surface area contributed by atoms with Crippen LogP contribution in [0.4, 0.5) is 5.69 Å². The lowest BCUT2D eigenvalue weighted by atomic mass is 9.96. The van der Waals surface area contributed by atoms with Gasteiger partial charge in [0, 0.05) is 25.0 Å². The fourth-order valence-electron chi connectivity index (χ4n) is 2.96. The zero-order valence-corrected chi connectivity index (χ0v) is 16.6. The lowest BCUT2D eigenvalue weighted by Gasteiger charge is -2.30. The van der Waals surface area contributed by atoms with E-state index in [0.29, 0.717) is 50.4 Å². The third kappa shape index (κ3) is 6.07. The number of carbonyl (C=O) groups is 3. The van der Waals surface area contributed by atoms with E-state index in [2.05, 4.69) is 5.32 Å². The fourth-order valence-corrected chi connectivity index (χ4v) is 2.96. The Morgan fingerprint density at radius 2 is 1.76 bits per heavy atom. The average Bonchev–Trinajstić information content (AvgIpc) is 2.75. The summed E-state index contributed by atoms with van der Waals surface area (Å²) in [6.45, 7) is 4.93. The summed E-state index contributed by atoms with van der Waals surface area (Å²) in [5, 5.41) is 12.2. The number of hydrogen-bond acceptors (Lipinski definition) is 7. The van der Waals surface area contributed by atoms with Gasteiger partial charge in [0.05, 0.1) is 24.7 Å². The molecule has 1 aromatic rings. The molecule has 1 aliphatic heterocycles. The van der Waals surface area contributed by atoms with Gasteiger partial charge in [-0.25, -0.2) is 4.79 Å². The number of carbonyl (C=O) groups excluding carboxylic acids is 3. The molecular formula is C21H25N3O5. The molecule has 0 spiro atoms. The van der Waals surface area contributed by atoms with E-state index in [1.54, 1.807) is 43.0 Å². The maximum absolute atomic E-state index is 12.6. The van der Waals surface area contributed by atoms with E-state index in [-0.39, 0.29) is 23.4 Å². The molecule has 8 heteroatoms. The second-order valence-electron chi connectivity index (χ2n) is 6.43. The van der Waals surface area contributed by atoms with Crippen molar-refractivity contribution in [3.63, 3.8) is 0 Å². The summed E-state index contributed by atoms with van der Waals surface area (Å²) >= 11 is 0. The van der Waals surface area contributed by atoms with E-state index >= 15 is 0 Å². The largest absolute Gasteiger partial charge is 0.466 e. The van der Waals surface area contributed by atoms with Crippen molar-refractivity contribution in [2.75, 3.05) is 31.6 Å². The number of nitrogens with zero attached hydrogens (tertiary/aromatic N) is 2. The summed E-state index contributed by atoms with van der Waals surface area (Å²) in [5.41, 5.74) is 1.01. The van der Waals surface area contributed by atoms with Crippen molar-refractivity contribution >= 4 is 23.5 Å². The van der Waals surface area contributed by atoms with Gasteiger partial charge >= 0.3 is 11.9 Å². The van der Waals surface area contributed by atoms with Gasteiger partial charge in [-0.2, -0.15) is 5.26 Å². The Bertz CT molecular complexity index is 803. The Morgan fingerprint density at radius 3 is 2.31 bits per heavy atom. The van der Waals surface area contributed by atoms with E-state index in [4.69, 9.17) is 9.47 Å². The van der Waals surface area contributed by atoms with Crippen LogP contribution in [0.25, 0.3) is 0 Å². The Kier molecular flexibility index (Phi) is 8.22. The molecule has 0 aliphatic carbocycles. The van der Waals surface area contributed by atoms with Crippen molar-refractivity contribution in [1.82, 2.24) is 4.90 Å². The number of hydrogen-bond donors (Lipinski definition) is 1. The van der Waals surface area contributed by atoms with Gasteiger partial charge in [0.2, 0.25) is 0 Å². The summed E-state index contributed by atoms with van der Waals surface area (Å²) in [5.74, 6) is -1.23. The second kappa shape index (κ2) is 10.9. The molecule has 1 heterocycles. The topological polar surface area (TPSA) is 109 Å². The zero-order valence-electron chi connectivity index (χ0n) is 16.6. The van der Waals surface area contributed by atoms with Crippen molar-refractivity contribution in [2.24, 2.45) is 5.92 Å². The average molecular weight is 399 g/mol. The Balaban J connectivity index is 1.94. The highest BCUT2D eigenvalue weighted by Crippen LogP contribution is 2.20. The molecule has 8 nitrogen and oxygen atoms in total. The number of nitriles is 1. The lowest BCUT2D eigenvalue weighted by molar-refractivity contribution is -0.150. The maximum Gasteiger partial charge on any atom is 0.338 e. The van der Waals surface area contributed by atoms with Crippen LogP contribution in [0.15, 0.2) is 36.0 Å². The van der Waals surface area contributed by atoms with E-state index in [0.717, 1.165) is 0 Å². The Labute approximate surface area is 170 Å². The van der Waals surface area contributed by atoms with Gasteiger partial charge in [0.25, 0.3) is 5.91 Å². The Hall–Kier alpha value is -3.34. The SMILES string of the molecule is CCOC(=O)c1ccc(N/C=C(/C#N)C(=O)N2CCC(C(=O)OCC)CC2)cc1. The van der Waals surface area contributed by atoms with E-state index in [1.165, 1.54) is 6.20 Å². The van der Waals surface area contributed by atoms with Crippen molar-refractivity contribution in [2.45, 2.75) is 26.7 Å². The predicted octanol–water partition coefficient (Wildman–Crippen LogP) is 2.48. The molecular weight excluding hydrogens is 374 g/mol. The third-order valence-electron chi connectivity index (χ3n) is 4.53. The van der Waals surface area contributed by atoms with Crippen LogP contribution < -0.4 is 5.32 Å². The van der Waals surface area contributed by atoms with Gasteiger partial charge in [-0.15, -0.1) is 0 Å². The number of likely N-dealkylation sites (tertiary alicyclic amines) is 1. The molecule has 154 valence electrons. The number of amides is 1. The minimum atomic E-state index is -0.409. The van der Waals surface area contributed by atoms with E-state index in [9.17, 15) is 19.6 Å². The van der Waals surface area contributed by atoms with Crippen LogP contribution in [0.5, 0.6) is 0 Å². The Morgan fingerprint density at radius 1 is 1.14 bits per heavy atom. The van der Waals surface area contributed by atoms with Crippen LogP contribution in [-0.4, -0.2) is 49.0 Å². The van der Waals surface area contributed by atoms with Crippen LogP contribution >= 0.6 is 0 Å². The number of benzene rings is 1. The minimum absolute atomic E-state index is 0.0333. The molecule has 1 fully saturated rings. The number of piperidine rings is 1. The quantitative estimate of drug-likeness (QED) is 0.426. The molecule has 2 rings (SSSR count). The predicted molar refractivity (Wildman–Crippen MR) is 106 cm³/mol. The number of esters is 2. The molecule has 1 aromatic carbocycles. The standard InChI is InChI=1S/C21H25N3O5/c1-3-28-20(26)15-5-7-18(8-6-15)23-14-17(13-22)19(25)24-11-9-16(10-12-24)21(27)29-4-2/h5-8,14,16,23H,3-4,9-12H2,1-2H3/b17-14-. The summed E-state index contributed by atoms with van der Waals surface area (Å²) in [7, 11) is 0. The summed E-state index contributed by atoms with van der Waals surface area (Å²) in [6.07, 6.45) is 2.39. The van der Waals surface area contributed by atoms with Crippen LogP contribution in [0.1, 0.15) is 37.0 Å². The normalized spacial score (nSPS) is 14.7. The third-order valence-corrected chi connectivity index (χ3v) is 4.53. The first-order valence-corrected chi connectivity index (χ1v) is 9.60. The molecule has 0 atom stereocenters. The molecule has 0 unspecified atom stereocenters. The van der Waals surface area contributed by atoms with Gasteiger partial charge in [-0.05, 0) is 51.0 Å². The highest BCUT2D eigenvalue weighted by Gasteiger charge is 2.29. The first kappa shape index (κ1) is 22.0. The molecule has 0 radical (unpaired) electrons. The van der Waals surface area contributed by atoms with Gasteiger partial charge < -0.3 is 19.7 Å². The maximum atomic E-state index is 12.6. The first-order valence-electron chi connectivity index (χ1n) is 9.60. The first-order chi connectivity index (χ1) is 14.0. The van der Waals surface area contributed by atoms with E-state index < -0.39 is 5.97 Å². The molecule has 1 saturated heterocycles. The molecule has 0 bridgehead atoms. The van der Waals surface area contributed by atoms with Crippen molar-refractivity contribution in [3.05, 3.63) is 41.6 Å². The number of nitrogens with one attached hydrogen (secondary N) is 1. The van der Waals surface area contributed by atoms with Gasteiger partial charge in [0.1, 0.15) is 11.6 Å².